The second kappa shape index (κ2) is 8.13. The molecule has 0 unspecified atom stereocenters. The van der Waals surface area contributed by atoms with Gasteiger partial charge >= 0.3 is 0 Å². The van der Waals surface area contributed by atoms with Gasteiger partial charge in [0.2, 0.25) is 5.91 Å². The number of ether oxygens (including phenoxy) is 2. The van der Waals surface area contributed by atoms with Crippen LogP contribution in [0.25, 0.3) is 6.08 Å². The highest BCUT2D eigenvalue weighted by molar-refractivity contribution is 5.91. The maximum absolute atomic E-state index is 11.8. The third-order valence-electron chi connectivity index (χ3n) is 4.19. The van der Waals surface area contributed by atoms with E-state index in [0.29, 0.717) is 6.54 Å². The van der Waals surface area contributed by atoms with Gasteiger partial charge in [-0.15, -0.1) is 0 Å². The molecule has 0 saturated carbocycles. The molecule has 3 rings (SSSR count). The van der Waals surface area contributed by atoms with Crippen LogP contribution in [0.1, 0.15) is 17.5 Å². The molecule has 0 bridgehead atoms. The molecule has 5 nitrogen and oxygen atoms in total. The fourth-order valence-electron chi connectivity index (χ4n) is 2.88. The molecule has 2 heterocycles. The van der Waals surface area contributed by atoms with Gasteiger partial charge in [-0.25, -0.2) is 0 Å². The summed E-state index contributed by atoms with van der Waals surface area (Å²) in [6.07, 6.45) is 5.38. The number of carbonyl (C=O) groups is 1. The van der Waals surface area contributed by atoms with Crippen molar-refractivity contribution in [3.63, 3.8) is 0 Å². The minimum Gasteiger partial charge on any atom is -0.493 e. The number of hydrogen-bond acceptors (Lipinski definition) is 4. The van der Waals surface area contributed by atoms with E-state index in [1.165, 1.54) is 5.56 Å². The average Bonchev–Trinajstić information content (AvgIpc) is 3.05. The zero-order valence-corrected chi connectivity index (χ0v) is 13.4. The highest BCUT2D eigenvalue weighted by atomic mass is 16.5. The summed E-state index contributed by atoms with van der Waals surface area (Å²) in [7, 11) is 0. The molecule has 1 saturated heterocycles. The molecule has 5 heteroatoms. The van der Waals surface area contributed by atoms with Crippen molar-refractivity contribution >= 4 is 12.0 Å². The predicted octanol–water partition coefficient (Wildman–Crippen LogP) is 1.47. The van der Waals surface area contributed by atoms with E-state index in [1.54, 1.807) is 6.08 Å². The van der Waals surface area contributed by atoms with Crippen molar-refractivity contribution in [1.29, 1.82) is 0 Å². The SMILES string of the molecule is O=C(/C=C/c1ccc2c(c1)CCO2)NCCCN1CCOCC1. The van der Waals surface area contributed by atoms with Crippen LogP contribution < -0.4 is 10.1 Å². The number of hydrogen-bond donors (Lipinski definition) is 1. The van der Waals surface area contributed by atoms with Gasteiger partial charge in [0.05, 0.1) is 19.8 Å². The lowest BCUT2D eigenvalue weighted by Gasteiger charge is -2.26. The number of morpholine rings is 1. The summed E-state index contributed by atoms with van der Waals surface area (Å²) in [5.74, 6) is 0.929. The van der Waals surface area contributed by atoms with Crippen LogP contribution in [-0.2, 0) is 16.0 Å². The molecule has 1 fully saturated rings. The maximum atomic E-state index is 11.8. The Morgan fingerprint density at radius 1 is 1.26 bits per heavy atom. The summed E-state index contributed by atoms with van der Waals surface area (Å²) >= 11 is 0. The smallest absolute Gasteiger partial charge is 0.243 e. The molecule has 23 heavy (non-hydrogen) atoms. The fourth-order valence-corrected chi connectivity index (χ4v) is 2.88. The molecule has 0 aliphatic carbocycles. The number of nitrogens with zero attached hydrogens (tertiary/aromatic N) is 1. The standard InChI is InChI=1S/C18H24N2O3/c21-18(19-7-1-8-20-9-12-22-13-10-20)5-3-15-2-4-17-16(14-15)6-11-23-17/h2-5,14H,1,6-13H2,(H,19,21)/b5-3+. The predicted molar refractivity (Wildman–Crippen MR) is 89.6 cm³/mol. The zero-order valence-electron chi connectivity index (χ0n) is 13.4. The van der Waals surface area contributed by atoms with Crippen molar-refractivity contribution in [2.24, 2.45) is 0 Å². The number of amides is 1. The van der Waals surface area contributed by atoms with Gasteiger partial charge < -0.3 is 14.8 Å². The molecule has 1 N–H and O–H groups in total. The first kappa shape index (κ1) is 16.0. The van der Waals surface area contributed by atoms with Crippen LogP contribution >= 0.6 is 0 Å². The van der Waals surface area contributed by atoms with Crippen LogP contribution in [0.3, 0.4) is 0 Å². The Morgan fingerprint density at radius 2 is 2.13 bits per heavy atom. The molecular weight excluding hydrogens is 292 g/mol. The molecule has 1 aromatic rings. The molecule has 1 amide bonds. The van der Waals surface area contributed by atoms with Crippen LogP contribution in [-0.4, -0.2) is 56.8 Å². The monoisotopic (exact) mass is 316 g/mol. The molecule has 2 aliphatic rings. The lowest BCUT2D eigenvalue weighted by atomic mass is 10.1. The van der Waals surface area contributed by atoms with E-state index >= 15 is 0 Å². The molecule has 0 radical (unpaired) electrons. The lowest BCUT2D eigenvalue weighted by molar-refractivity contribution is -0.116. The summed E-state index contributed by atoms with van der Waals surface area (Å²) in [5, 5.41) is 2.94. The Morgan fingerprint density at radius 3 is 3.00 bits per heavy atom. The molecule has 124 valence electrons. The summed E-state index contributed by atoms with van der Waals surface area (Å²) < 4.78 is 10.8. The van der Waals surface area contributed by atoms with Crippen LogP contribution in [0, 0.1) is 0 Å². The second-order valence-corrected chi connectivity index (χ2v) is 5.90. The van der Waals surface area contributed by atoms with Crippen molar-refractivity contribution in [3.05, 3.63) is 35.4 Å². The van der Waals surface area contributed by atoms with Gasteiger partial charge in [-0.1, -0.05) is 6.07 Å². The van der Waals surface area contributed by atoms with Gasteiger partial charge in [-0.05, 0) is 42.3 Å². The van der Waals surface area contributed by atoms with Crippen molar-refractivity contribution in [1.82, 2.24) is 10.2 Å². The highest BCUT2D eigenvalue weighted by Gasteiger charge is 2.11. The summed E-state index contributed by atoms with van der Waals surface area (Å²) in [4.78, 5) is 14.2. The van der Waals surface area contributed by atoms with Gasteiger partial charge in [0.1, 0.15) is 5.75 Å². The quantitative estimate of drug-likeness (QED) is 0.638. The normalized spacial score (nSPS) is 17.9. The number of fused-ring (bicyclic) bond motifs is 1. The Labute approximate surface area is 137 Å². The Hall–Kier alpha value is -1.85. The van der Waals surface area contributed by atoms with Gasteiger partial charge in [-0.3, -0.25) is 9.69 Å². The Balaban J connectivity index is 1.37. The van der Waals surface area contributed by atoms with Crippen LogP contribution in [0.2, 0.25) is 0 Å². The van der Waals surface area contributed by atoms with E-state index in [-0.39, 0.29) is 5.91 Å². The van der Waals surface area contributed by atoms with Crippen molar-refractivity contribution < 1.29 is 14.3 Å². The topological polar surface area (TPSA) is 50.8 Å². The van der Waals surface area contributed by atoms with E-state index in [1.807, 2.05) is 18.2 Å². The van der Waals surface area contributed by atoms with Gasteiger partial charge in [0, 0.05) is 32.1 Å². The third kappa shape index (κ3) is 4.81. The maximum Gasteiger partial charge on any atom is 0.243 e. The molecular formula is C18H24N2O3. The van der Waals surface area contributed by atoms with Crippen LogP contribution in [0.4, 0.5) is 0 Å². The average molecular weight is 316 g/mol. The van der Waals surface area contributed by atoms with Crippen LogP contribution in [0.15, 0.2) is 24.3 Å². The number of carbonyl (C=O) groups excluding carboxylic acids is 1. The first-order chi connectivity index (χ1) is 11.3. The number of rotatable bonds is 6. The largest absolute Gasteiger partial charge is 0.493 e. The molecule has 0 aromatic heterocycles. The molecule has 0 spiro atoms. The molecule has 0 atom stereocenters. The van der Waals surface area contributed by atoms with Gasteiger partial charge in [0.25, 0.3) is 0 Å². The van der Waals surface area contributed by atoms with Crippen molar-refractivity contribution in [3.8, 4) is 5.75 Å². The number of benzene rings is 1. The molecule has 1 aromatic carbocycles. The molecule has 2 aliphatic heterocycles. The zero-order chi connectivity index (χ0) is 15.9. The minimum absolute atomic E-state index is 0.0382. The third-order valence-corrected chi connectivity index (χ3v) is 4.19. The first-order valence-corrected chi connectivity index (χ1v) is 8.33. The van der Waals surface area contributed by atoms with Crippen LogP contribution in [0.5, 0.6) is 5.75 Å². The van der Waals surface area contributed by atoms with E-state index in [9.17, 15) is 4.79 Å². The highest BCUT2D eigenvalue weighted by Crippen LogP contribution is 2.26. The number of nitrogens with one attached hydrogen (secondary N) is 1. The summed E-state index contributed by atoms with van der Waals surface area (Å²) in [6.45, 7) is 6.11. The minimum atomic E-state index is -0.0382. The fraction of sp³-hybridized carbons (Fsp3) is 0.500. The summed E-state index contributed by atoms with van der Waals surface area (Å²) in [5.41, 5.74) is 2.26. The lowest BCUT2D eigenvalue weighted by Crippen LogP contribution is -2.38. The van der Waals surface area contributed by atoms with E-state index in [0.717, 1.165) is 63.6 Å². The first-order valence-electron chi connectivity index (χ1n) is 8.33. The Kier molecular flexibility index (Phi) is 5.66. The van der Waals surface area contributed by atoms with E-state index in [2.05, 4.69) is 16.3 Å². The second-order valence-electron chi connectivity index (χ2n) is 5.90. The Bertz CT molecular complexity index is 565. The van der Waals surface area contributed by atoms with Crippen molar-refractivity contribution in [2.45, 2.75) is 12.8 Å². The van der Waals surface area contributed by atoms with Gasteiger partial charge in [-0.2, -0.15) is 0 Å². The summed E-state index contributed by atoms with van der Waals surface area (Å²) in [6, 6.07) is 6.04. The van der Waals surface area contributed by atoms with E-state index in [4.69, 9.17) is 9.47 Å². The van der Waals surface area contributed by atoms with E-state index < -0.39 is 0 Å². The van der Waals surface area contributed by atoms with Crippen molar-refractivity contribution in [2.75, 3.05) is 46.0 Å². The van der Waals surface area contributed by atoms with Gasteiger partial charge in [0.15, 0.2) is 0 Å².